The molecule has 4 nitrogen and oxygen atoms in total. The molecular formula is C52H35N3O. The van der Waals surface area contributed by atoms with Crippen molar-refractivity contribution < 1.29 is 4.42 Å². The molecule has 0 spiro atoms. The Balaban J connectivity index is 1.11. The maximum atomic E-state index is 6.58. The van der Waals surface area contributed by atoms with Crippen LogP contribution >= 0.6 is 0 Å². The minimum atomic E-state index is 0.580. The zero-order chi connectivity index (χ0) is 37.4. The van der Waals surface area contributed by atoms with Crippen LogP contribution in [0.1, 0.15) is 5.56 Å². The lowest BCUT2D eigenvalue weighted by Crippen LogP contribution is -2.00. The quantitative estimate of drug-likeness (QED) is 0.165. The number of aromatic nitrogens is 3. The van der Waals surface area contributed by atoms with Crippen LogP contribution in [0.15, 0.2) is 199 Å². The lowest BCUT2D eigenvalue weighted by Gasteiger charge is -2.14. The first-order valence-electron chi connectivity index (χ1n) is 18.8. The van der Waals surface area contributed by atoms with E-state index in [0.717, 1.165) is 66.4 Å². The van der Waals surface area contributed by atoms with Gasteiger partial charge in [0, 0.05) is 27.5 Å². The lowest BCUT2D eigenvalue weighted by atomic mass is 9.92. The van der Waals surface area contributed by atoms with E-state index in [0.29, 0.717) is 17.5 Å². The molecule has 264 valence electrons. The molecule has 10 rings (SSSR count). The molecule has 8 aromatic carbocycles. The molecule has 0 saturated carbocycles. The van der Waals surface area contributed by atoms with Crippen LogP contribution in [0.5, 0.6) is 0 Å². The van der Waals surface area contributed by atoms with Gasteiger partial charge in [-0.15, -0.1) is 0 Å². The number of benzene rings is 8. The van der Waals surface area contributed by atoms with Gasteiger partial charge in [0.1, 0.15) is 11.2 Å². The van der Waals surface area contributed by atoms with Crippen molar-refractivity contribution in [2.45, 2.75) is 6.92 Å². The van der Waals surface area contributed by atoms with Crippen LogP contribution in [0.2, 0.25) is 0 Å². The molecule has 10 aromatic rings. The van der Waals surface area contributed by atoms with Crippen molar-refractivity contribution in [1.82, 2.24) is 15.0 Å². The SMILES string of the molecule is Cc1cccc(-c2ccc(-c3nc(-c4ccccc4)nc(-c4ccc5c(c4)oc4cccc(-c6cccc(-c7ccccc7)c6)c45)n3)cc2-c2ccccc2)c1. The van der Waals surface area contributed by atoms with Crippen molar-refractivity contribution in [1.29, 1.82) is 0 Å². The van der Waals surface area contributed by atoms with E-state index in [9.17, 15) is 0 Å². The van der Waals surface area contributed by atoms with Gasteiger partial charge in [0.05, 0.1) is 0 Å². The van der Waals surface area contributed by atoms with Gasteiger partial charge < -0.3 is 4.42 Å². The molecule has 0 aliphatic carbocycles. The fraction of sp³-hybridized carbons (Fsp3) is 0.0192. The summed E-state index contributed by atoms with van der Waals surface area (Å²) in [5, 5.41) is 2.13. The molecule has 0 atom stereocenters. The third-order valence-electron chi connectivity index (χ3n) is 10.4. The van der Waals surface area contributed by atoms with E-state index in [1.165, 1.54) is 22.3 Å². The second kappa shape index (κ2) is 14.1. The third kappa shape index (κ3) is 6.23. The van der Waals surface area contributed by atoms with E-state index in [1.54, 1.807) is 0 Å². The van der Waals surface area contributed by atoms with Crippen molar-refractivity contribution in [3.8, 4) is 78.7 Å². The van der Waals surface area contributed by atoms with Gasteiger partial charge in [0.15, 0.2) is 17.5 Å². The highest BCUT2D eigenvalue weighted by molar-refractivity contribution is 6.13. The van der Waals surface area contributed by atoms with Gasteiger partial charge in [0.2, 0.25) is 0 Å². The predicted octanol–water partition coefficient (Wildman–Crippen LogP) is 13.7. The first kappa shape index (κ1) is 33.2. The average Bonchev–Trinajstić information content (AvgIpc) is 3.65. The second-order valence-electron chi connectivity index (χ2n) is 14.1. The Morgan fingerprint density at radius 3 is 1.59 bits per heavy atom. The summed E-state index contributed by atoms with van der Waals surface area (Å²) in [5.74, 6) is 1.79. The molecular weight excluding hydrogens is 683 g/mol. The Labute approximate surface area is 325 Å². The van der Waals surface area contributed by atoms with Gasteiger partial charge in [-0.3, -0.25) is 0 Å². The molecule has 0 aliphatic heterocycles. The first-order valence-corrected chi connectivity index (χ1v) is 18.8. The number of rotatable bonds is 7. The van der Waals surface area contributed by atoms with E-state index in [2.05, 4.69) is 153 Å². The Morgan fingerprint density at radius 1 is 0.321 bits per heavy atom. The molecule has 4 heteroatoms. The van der Waals surface area contributed by atoms with Crippen LogP contribution in [0, 0.1) is 6.92 Å². The summed E-state index contributed by atoms with van der Waals surface area (Å²) in [6.07, 6.45) is 0. The van der Waals surface area contributed by atoms with Gasteiger partial charge >= 0.3 is 0 Å². The number of nitrogens with zero attached hydrogens (tertiary/aromatic N) is 3. The Hall–Kier alpha value is -7.43. The van der Waals surface area contributed by atoms with E-state index in [-0.39, 0.29) is 0 Å². The first-order chi connectivity index (χ1) is 27.6. The van der Waals surface area contributed by atoms with Crippen LogP contribution in [0.25, 0.3) is 101 Å². The fourth-order valence-corrected chi connectivity index (χ4v) is 7.66. The Morgan fingerprint density at radius 2 is 0.875 bits per heavy atom. The summed E-state index contributed by atoms with van der Waals surface area (Å²) in [5.41, 5.74) is 14.7. The maximum Gasteiger partial charge on any atom is 0.164 e. The largest absolute Gasteiger partial charge is 0.456 e. The smallest absolute Gasteiger partial charge is 0.164 e. The topological polar surface area (TPSA) is 51.8 Å². The molecule has 0 saturated heterocycles. The van der Waals surface area contributed by atoms with Gasteiger partial charge in [0.25, 0.3) is 0 Å². The normalized spacial score (nSPS) is 11.3. The molecule has 2 aromatic heterocycles. The third-order valence-corrected chi connectivity index (χ3v) is 10.4. The van der Waals surface area contributed by atoms with E-state index < -0.39 is 0 Å². The maximum absolute atomic E-state index is 6.58. The molecule has 2 heterocycles. The lowest BCUT2D eigenvalue weighted by molar-refractivity contribution is 0.669. The highest BCUT2D eigenvalue weighted by atomic mass is 16.3. The minimum absolute atomic E-state index is 0.580. The van der Waals surface area contributed by atoms with Crippen LogP contribution in [-0.2, 0) is 0 Å². The minimum Gasteiger partial charge on any atom is -0.456 e. The average molecular weight is 718 g/mol. The molecule has 56 heavy (non-hydrogen) atoms. The predicted molar refractivity (Wildman–Crippen MR) is 230 cm³/mol. The summed E-state index contributed by atoms with van der Waals surface area (Å²) < 4.78 is 6.58. The summed E-state index contributed by atoms with van der Waals surface area (Å²) in [7, 11) is 0. The van der Waals surface area contributed by atoms with E-state index in [1.807, 2.05) is 48.5 Å². The molecule has 0 radical (unpaired) electrons. The zero-order valence-electron chi connectivity index (χ0n) is 30.7. The number of hydrogen-bond donors (Lipinski definition) is 0. The highest BCUT2D eigenvalue weighted by Gasteiger charge is 2.18. The van der Waals surface area contributed by atoms with Gasteiger partial charge in [-0.25, -0.2) is 15.0 Å². The van der Waals surface area contributed by atoms with Crippen LogP contribution < -0.4 is 0 Å². The number of aryl methyl sites for hydroxylation is 1. The van der Waals surface area contributed by atoms with Crippen molar-refractivity contribution in [2.75, 3.05) is 0 Å². The van der Waals surface area contributed by atoms with Crippen molar-refractivity contribution in [2.24, 2.45) is 0 Å². The van der Waals surface area contributed by atoms with Gasteiger partial charge in [-0.2, -0.15) is 0 Å². The van der Waals surface area contributed by atoms with Crippen molar-refractivity contribution in [3.63, 3.8) is 0 Å². The van der Waals surface area contributed by atoms with Crippen LogP contribution in [0.4, 0.5) is 0 Å². The standard InChI is InChI=1S/C52H35N3O/c1-34-14-11-22-39(30-34)43-28-26-41(32-46(43)36-17-7-3-8-18-36)51-53-50(37-19-9-4-10-20-37)54-52(55-51)42-27-29-45-48(33-42)56-47-25-13-24-44(49(45)47)40-23-12-21-38(31-40)35-15-5-2-6-16-35/h2-33H,1H3. The fourth-order valence-electron chi connectivity index (χ4n) is 7.66. The monoisotopic (exact) mass is 717 g/mol. The molecule has 0 unspecified atom stereocenters. The van der Waals surface area contributed by atoms with Crippen molar-refractivity contribution >= 4 is 21.9 Å². The molecule has 0 amide bonds. The van der Waals surface area contributed by atoms with E-state index in [4.69, 9.17) is 19.4 Å². The molecule has 0 aliphatic rings. The number of fused-ring (bicyclic) bond motifs is 3. The van der Waals surface area contributed by atoms with Crippen LogP contribution in [-0.4, -0.2) is 15.0 Å². The molecule has 0 N–H and O–H groups in total. The summed E-state index contributed by atoms with van der Waals surface area (Å²) >= 11 is 0. The zero-order valence-corrected chi connectivity index (χ0v) is 30.7. The Bertz CT molecular complexity index is 3030. The summed E-state index contributed by atoms with van der Waals surface area (Å²) in [6, 6.07) is 67.5. The summed E-state index contributed by atoms with van der Waals surface area (Å²) in [6.45, 7) is 2.13. The number of hydrogen-bond acceptors (Lipinski definition) is 4. The number of furan rings is 1. The Kier molecular flexibility index (Phi) is 8.34. The van der Waals surface area contributed by atoms with Gasteiger partial charge in [-0.1, -0.05) is 169 Å². The molecule has 0 bridgehead atoms. The summed E-state index contributed by atoms with van der Waals surface area (Å²) in [4.78, 5) is 15.3. The molecule has 0 fully saturated rings. The van der Waals surface area contributed by atoms with Crippen molar-refractivity contribution in [3.05, 3.63) is 200 Å². The van der Waals surface area contributed by atoms with Gasteiger partial charge in [-0.05, 0) is 81.8 Å². The highest BCUT2D eigenvalue weighted by Crippen LogP contribution is 2.40. The van der Waals surface area contributed by atoms with Crippen LogP contribution in [0.3, 0.4) is 0 Å². The van der Waals surface area contributed by atoms with E-state index >= 15 is 0 Å². The second-order valence-corrected chi connectivity index (χ2v) is 14.1.